The number of halogens is 1. The molecule has 1 aromatic carbocycles. The van der Waals surface area contributed by atoms with Gasteiger partial charge in [0.15, 0.2) is 0 Å². The largest absolute Gasteiger partial charge is 0.308 e. The van der Waals surface area contributed by atoms with E-state index in [0.29, 0.717) is 0 Å². The van der Waals surface area contributed by atoms with Crippen LogP contribution in [0.4, 0.5) is 0 Å². The van der Waals surface area contributed by atoms with Crippen molar-refractivity contribution in [2.75, 3.05) is 12.8 Å². The summed E-state index contributed by atoms with van der Waals surface area (Å²) < 4.78 is 0. The smallest absolute Gasteiger partial charge is 0.0545 e. The number of thioether (sulfide) groups is 1. The molecule has 2 rings (SSSR count). The zero-order chi connectivity index (χ0) is 10.9. The van der Waals surface area contributed by atoms with Gasteiger partial charge in [0.25, 0.3) is 0 Å². The highest BCUT2D eigenvalue weighted by Gasteiger charge is 2.30. The third-order valence-electron chi connectivity index (χ3n) is 3.16. The third kappa shape index (κ3) is 2.17. The van der Waals surface area contributed by atoms with Gasteiger partial charge in [0.05, 0.1) is 5.02 Å². The van der Waals surface area contributed by atoms with Crippen molar-refractivity contribution >= 4 is 23.4 Å². The van der Waals surface area contributed by atoms with Gasteiger partial charge in [-0.2, -0.15) is 0 Å². The third-order valence-corrected chi connectivity index (χ3v) is 4.38. The minimum Gasteiger partial charge on any atom is -0.308 e. The standard InChI is InChI=1S/C12H16ClNS/c1-12(6-3-7-14-12)9-4-5-11(15-2)10(13)8-9/h4-5,8,14H,3,6-7H2,1-2H3. The lowest BCUT2D eigenvalue weighted by Gasteiger charge is -2.25. The number of hydrogen-bond acceptors (Lipinski definition) is 2. The fraction of sp³-hybridized carbons (Fsp3) is 0.500. The van der Waals surface area contributed by atoms with Gasteiger partial charge in [0, 0.05) is 10.4 Å². The van der Waals surface area contributed by atoms with Crippen LogP contribution in [0.3, 0.4) is 0 Å². The predicted octanol–water partition coefficient (Wildman–Crippen LogP) is 3.66. The first-order chi connectivity index (χ1) is 7.15. The van der Waals surface area contributed by atoms with Crippen molar-refractivity contribution in [1.82, 2.24) is 5.32 Å². The number of rotatable bonds is 2. The van der Waals surface area contributed by atoms with Crippen LogP contribution in [0.15, 0.2) is 23.1 Å². The van der Waals surface area contributed by atoms with E-state index in [1.165, 1.54) is 18.4 Å². The van der Waals surface area contributed by atoms with Crippen molar-refractivity contribution in [3.05, 3.63) is 28.8 Å². The molecule has 3 heteroatoms. The molecule has 82 valence electrons. The molecule has 0 saturated carbocycles. The SMILES string of the molecule is CSc1ccc(C2(C)CCCN2)cc1Cl. The first kappa shape index (κ1) is 11.3. The second kappa shape index (κ2) is 4.36. The minimum absolute atomic E-state index is 0.126. The van der Waals surface area contributed by atoms with Crippen LogP contribution in [0.25, 0.3) is 0 Å². The van der Waals surface area contributed by atoms with Crippen LogP contribution in [-0.2, 0) is 5.54 Å². The van der Waals surface area contributed by atoms with E-state index >= 15 is 0 Å². The fourth-order valence-corrected chi connectivity index (χ4v) is 3.02. The van der Waals surface area contributed by atoms with Crippen molar-refractivity contribution in [2.45, 2.75) is 30.2 Å². The maximum absolute atomic E-state index is 6.22. The monoisotopic (exact) mass is 241 g/mol. The lowest BCUT2D eigenvalue weighted by Crippen LogP contribution is -2.33. The van der Waals surface area contributed by atoms with E-state index < -0.39 is 0 Å². The minimum atomic E-state index is 0.126. The molecule has 1 heterocycles. The maximum Gasteiger partial charge on any atom is 0.0545 e. The van der Waals surface area contributed by atoms with Crippen molar-refractivity contribution in [2.24, 2.45) is 0 Å². The summed E-state index contributed by atoms with van der Waals surface area (Å²) in [5, 5.41) is 4.42. The summed E-state index contributed by atoms with van der Waals surface area (Å²) >= 11 is 7.91. The Hall–Kier alpha value is -0.180. The number of benzene rings is 1. The molecule has 1 fully saturated rings. The first-order valence-corrected chi connectivity index (χ1v) is 6.85. The van der Waals surface area contributed by atoms with E-state index in [0.717, 1.165) is 16.5 Å². The maximum atomic E-state index is 6.22. The summed E-state index contributed by atoms with van der Waals surface area (Å²) in [6.07, 6.45) is 4.50. The molecule has 1 nitrogen and oxygen atoms in total. The van der Waals surface area contributed by atoms with Crippen LogP contribution in [0.5, 0.6) is 0 Å². The second-order valence-corrected chi connectivity index (χ2v) is 5.47. The average molecular weight is 242 g/mol. The summed E-state index contributed by atoms with van der Waals surface area (Å²) in [5.41, 5.74) is 1.43. The van der Waals surface area contributed by atoms with Gasteiger partial charge in [-0.25, -0.2) is 0 Å². The molecule has 1 N–H and O–H groups in total. The second-order valence-electron chi connectivity index (χ2n) is 4.21. The van der Waals surface area contributed by atoms with Gasteiger partial charge in [0.2, 0.25) is 0 Å². The molecule has 0 aliphatic carbocycles. The van der Waals surface area contributed by atoms with Gasteiger partial charge in [-0.05, 0) is 50.3 Å². The first-order valence-electron chi connectivity index (χ1n) is 5.25. The van der Waals surface area contributed by atoms with E-state index in [9.17, 15) is 0 Å². The van der Waals surface area contributed by atoms with Gasteiger partial charge in [0.1, 0.15) is 0 Å². The Bertz CT molecular complexity index is 359. The van der Waals surface area contributed by atoms with Crippen LogP contribution in [0, 0.1) is 0 Å². The molecule has 1 saturated heterocycles. The molecule has 1 aromatic rings. The zero-order valence-corrected chi connectivity index (χ0v) is 10.7. The Kier molecular flexibility index (Phi) is 3.29. The van der Waals surface area contributed by atoms with Gasteiger partial charge >= 0.3 is 0 Å². The van der Waals surface area contributed by atoms with Gasteiger partial charge in [-0.15, -0.1) is 11.8 Å². The van der Waals surface area contributed by atoms with E-state index in [4.69, 9.17) is 11.6 Å². The lowest BCUT2D eigenvalue weighted by molar-refractivity contribution is 0.434. The zero-order valence-electron chi connectivity index (χ0n) is 9.14. The Morgan fingerprint density at radius 2 is 2.27 bits per heavy atom. The summed E-state index contributed by atoms with van der Waals surface area (Å²) in [4.78, 5) is 1.15. The summed E-state index contributed by atoms with van der Waals surface area (Å²) in [5.74, 6) is 0. The number of nitrogens with one attached hydrogen (secondary N) is 1. The molecule has 0 spiro atoms. The van der Waals surface area contributed by atoms with Gasteiger partial charge in [-0.3, -0.25) is 0 Å². The van der Waals surface area contributed by atoms with Crippen LogP contribution in [-0.4, -0.2) is 12.8 Å². The molecule has 1 unspecified atom stereocenters. The van der Waals surface area contributed by atoms with Crippen LogP contribution >= 0.6 is 23.4 Å². The van der Waals surface area contributed by atoms with Crippen molar-refractivity contribution in [1.29, 1.82) is 0 Å². The highest BCUT2D eigenvalue weighted by Crippen LogP contribution is 2.34. The summed E-state index contributed by atoms with van der Waals surface area (Å²) in [7, 11) is 0. The molecule has 1 aliphatic heterocycles. The molecule has 15 heavy (non-hydrogen) atoms. The average Bonchev–Trinajstić information content (AvgIpc) is 2.66. The molecule has 0 bridgehead atoms. The van der Waals surface area contributed by atoms with E-state index in [1.807, 2.05) is 0 Å². The van der Waals surface area contributed by atoms with E-state index in [-0.39, 0.29) is 5.54 Å². The normalized spacial score (nSPS) is 25.8. The van der Waals surface area contributed by atoms with Crippen molar-refractivity contribution < 1.29 is 0 Å². The topological polar surface area (TPSA) is 12.0 Å². The number of hydrogen-bond donors (Lipinski definition) is 1. The Labute approximate surface area is 101 Å². The van der Waals surface area contributed by atoms with E-state index in [1.54, 1.807) is 11.8 Å². The highest BCUT2D eigenvalue weighted by molar-refractivity contribution is 7.98. The van der Waals surface area contributed by atoms with Gasteiger partial charge in [-0.1, -0.05) is 17.7 Å². The molecule has 0 radical (unpaired) electrons. The molecular formula is C12H16ClNS. The molecular weight excluding hydrogens is 226 g/mol. The van der Waals surface area contributed by atoms with Crippen molar-refractivity contribution in [3.63, 3.8) is 0 Å². The summed E-state index contributed by atoms with van der Waals surface area (Å²) in [6.45, 7) is 3.36. The van der Waals surface area contributed by atoms with Crippen molar-refractivity contribution in [3.8, 4) is 0 Å². The molecule has 1 atom stereocenters. The Balaban J connectivity index is 2.33. The van der Waals surface area contributed by atoms with E-state index in [2.05, 4.69) is 36.7 Å². The van der Waals surface area contributed by atoms with Crippen LogP contribution in [0.1, 0.15) is 25.3 Å². The predicted molar refractivity (Wildman–Crippen MR) is 67.8 cm³/mol. The molecule has 0 aromatic heterocycles. The fourth-order valence-electron chi connectivity index (χ4n) is 2.15. The summed E-state index contributed by atoms with van der Waals surface area (Å²) in [6, 6.07) is 6.41. The Morgan fingerprint density at radius 3 is 2.80 bits per heavy atom. The quantitative estimate of drug-likeness (QED) is 0.794. The Morgan fingerprint density at radius 1 is 1.47 bits per heavy atom. The highest BCUT2D eigenvalue weighted by atomic mass is 35.5. The van der Waals surface area contributed by atoms with Gasteiger partial charge < -0.3 is 5.32 Å². The lowest BCUT2D eigenvalue weighted by atomic mass is 9.91. The van der Waals surface area contributed by atoms with Crippen LogP contribution < -0.4 is 5.32 Å². The molecule has 1 aliphatic rings. The molecule has 0 amide bonds. The van der Waals surface area contributed by atoms with Crippen LogP contribution in [0.2, 0.25) is 5.02 Å².